The van der Waals surface area contributed by atoms with Gasteiger partial charge in [-0.25, -0.2) is 9.37 Å². The van der Waals surface area contributed by atoms with Gasteiger partial charge in [0, 0.05) is 18.0 Å². The van der Waals surface area contributed by atoms with Crippen LogP contribution in [0, 0.1) is 12.7 Å². The zero-order chi connectivity index (χ0) is 15.0. The Balaban J connectivity index is 2.10. The lowest BCUT2D eigenvalue weighted by atomic mass is 10.2. The Morgan fingerprint density at radius 1 is 1.29 bits per heavy atom. The summed E-state index contributed by atoms with van der Waals surface area (Å²) in [6.07, 6.45) is 1.84. The van der Waals surface area contributed by atoms with Gasteiger partial charge in [0.25, 0.3) is 0 Å². The number of pyridine rings is 1. The molecule has 0 saturated carbocycles. The van der Waals surface area contributed by atoms with Gasteiger partial charge in [0.05, 0.1) is 23.0 Å². The maximum absolute atomic E-state index is 13.4. The van der Waals surface area contributed by atoms with Crippen molar-refractivity contribution in [1.82, 2.24) is 14.5 Å². The van der Waals surface area contributed by atoms with Gasteiger partial charge >= 0.3 is 0 Å². The van der Waals surface area contributed by atoms with E-state index >= 15 is 0 Å². The lowest BCUT2D eigenvalue weighted by molar-refractivity contribution is 0.629. The summed E-state index contributed by atoms with van der Waals surface area (Å²) >= 11 is 6.22. The molecule has 0 saturated heterocycles. The molecule has 108 valence electrons. The van der Waals surface area contributed by atoms with Crippen LogP contribution in [0.4, 0.5) is 4.39 Å². The molecule has 2 heterocycles. The second-order valence-corrected chi connectivity index (χ2v) is 5.77. The molecular weight excluding hydrogens is 289 g/mol. The molecule has 1 unspecified atom stereocenters. The van der Waals surface area contributed by atoms with Crippen LogP contribution >= 0.6 is 11.6 Å². The molecule has 0 amide bonds. The Bertz CT molecular complexity index is 778. The highest BCUT2D eigenvalue weighted by Gasteiger charge is 2.15. The molecule has 3 rings (SSSR count). The van der Waals surface area contributed by atoms with Crippen LogP contribution in [0.25, 0.3) is 11.0 Å². The van der Waals surface area contributed by atoms with Crippen LogP contribution in [0.2, 0.25) is 0 Å². The van der Waals surface area contributed by atoms with E-state index in [2.05, 4.69) is 9.97 Å². The predicted octanol–water partition coefficient (Wildman–Crippen LogP) is 4.23. The molecular formula is C16H15ClFN3. The van der Waals surface area contributed by atoms with Crippen molar-refractivity contribution in [3.63, 3.8) is 0 Å². The van der Waals surface area contributed by atoms with E-state index in [1.54, 1.807) is 6.07 Å². The minimum atomic E-state index is -0.294. The topological polar surface area (TPSA) is 30.7 Å². The Hall–Kier alpha value is -1.94. The van der Waals surface area contributed by atoms with E-state index in [4.69, 9.17) is 11.6 Å². The minimum absolute atomic E-state index is 0.251. The number of imidazole rings is 1. The van der Waals surface area contributed by atoms with Crippen LogP contribution < -0.4 is 0 Å². The lowest BCUT2D eigenvalue weighted by Gasteiger charge is -2.10. The number of nitrogens with zero attached hydrogens (tertiary/aromatic N) is 3. The summed E-state index contributed by atoms with van der Waals surface area (Å²) in [6.45, 7) is 4.43. The highest BCUT2D eigenvalue weighted by Crippen LogP contribution is 2.26. The molecule has 0 radical (unpaired) electrons. The van der Waals surface area contributed by atoms with Gasteiger partial charge in [-0.1, -0.05) is 6.07 Å². The third kappa shape index (κ3) is 2.76. The lowest BCUT2D eigenvalue weighted by Crippen LogP contribution is -2.06. The van der Waals surface area contributed by atoms with Crippen molar-refractivity contribution in [2.45, 2.75) is 25.8 Å². The van der Waals surface area contributed by atoms with E-state index in [9.17, 15) is 4.39 Å². The van der Waals surface area contributed by atoms with E-state index in [1.807, 2.05) is 36.7 Å². The van der Waals surface area contributed by atoms with Crippen molar-refractivity contribution in [3.8, 4) is 0 Å². The van der Waals surface area contributed by atoms with Gasteiger partial charge in [0.1, 0.15) is 11.6 Å². The smallest absolute Gasteiger partial charge is 0.128 e. The SMILES string of the molecule is Cc1ccc(Cn2c(C(C)Cl)nc3cc(F)ccc32)cn1. The van der Waals surface area contributed by atoms with Crippen molar-refractivity contribution in [2.75, 3.05) is 0 Å². The number of aryl methyl sites for hydroxylation is 1. The van der Waals surface area contributed by atoms with Gasteiger partial charge in [-0.2, -0.15) is 0 Å². The molecule has 5 heteroatoms. The van der Waals surface area contributed by atoms with Crippen LogP contribution in [0.1, 0.15) is 29.4 Å². The Labute approximate surface area is 127 Å². The van der Waals surface area contributed by atoms with Crippen LogP contribution in [-0.2, 0) is 6.54 Å². The van der Waals surface area contributed by atoms with Gasteiger partial charge in [0.15, 0.2) is 0 Å². The fraction of sp³-hybridized carbons (Fsp3) is 0.250. The van der Waals surface area contributed by atoms with Crippen molar-refractivity contribution in [2.24, 2.45) is 0 Å². The molecule has 3 nitrogen and oxygen atoms in total. The molecule has 3 aromatic rings. The third-order valence-corrected chi connectivity index (χ3v) is 3.60. The van der Waals surface area contributed by atoms with Gasteiger partial charge < -0.3 is 4.57 Å². The van der Waals surface area contributed by atoms with Crippen LogP contribution in [0.5, 0.6) is 0 Å². The number of rotatable bonds is 3. The highest BCUT2D eigenvalue weighted by molar-refractivity contribution is 6.20. The maximum atomic E-state index is 13.4. The number of hydrogen-bond donors (Lipinski definition) is 0. The van der Waals surface area contributed by atoms with Gasteiger partial charge in [-0.3, -0.25) is 4.98 Å². The van der Waals surface area contributed by atoms with E-state index in [-0.39, 0.29) is 11.2 Å². The zero-order valence-electron chi connectivity index (χ0n) is 11.8. The normalized spacial score (nSPS) is 12.8. The fourth-order valence-electron chi connectivity index (χ4n) is 2.37. The highest BCUT2D eigenvalue weighted by atomic mass is 35.5. The third-order valence-electron chi connectivity index (χ3n) is 3.41. The second-order valence-electron chi connectivity index (χ2n) is 5.11. The standard InChI is InChI=1S/C16H15ClFN3/c1-10-3-4-12(8-19-10)9-21-15-6-5-13(18)7-14(15)20-16(21)11(2)17/h3-8,11H,9H2,1-2H3. The summed E-state index contributed by atoms with van der Waals surface area (Å²) in [5.74, 6) is 0.441. The monoisotopic (exact) mass is 303 g/mol. The quantitative estimate of drug-likeness (QED) is 0.678. The Kier molecular flexibility index (Phi) is 3.64. The van der Waals surface area contributed by atoms with Crippen LogP contribution in [-0.4, -0.2) is 14.5 Å². The summed E-state index contributed by atoms with van der Waals surface area (Å²) in [7, 11) is 0. The van der Waals surface area contributed by atoms with E-state index in [1.165, 1.54) is 12.1 Å². The molecule has 0 bridgehead atoms. The molecule has 0 aliphatic carbocycles. The Morgan fingerprint density at radius 3 is 2.76 bits per heavy atom. The summed E-state index contributed by atoms with van der Waals surface area (Å²) in [6, 6.07) is 8.61. The molecule has 1 atom stereocenters. The average Bonchev–Trinajstić information content (AvgIpc) is 2.79. The predicted molar refractivity (Wildman–Crippen MR) is 82.0 cm³/mol. The van der Waals surface area contributed by atoms with E-state index in [0.717, 1.165) is 22.6 Å². The number of hydrogen-bond acceptors (Lipinski definition) is 2. The van der Waals surface area contributed by atoms with Crippen molar-refractivity contribution in [1.29, 1.82) is 0 Å². The summed E-state index contributed by atoms with van der Waals surface area (Å²) in [5.41, 5.74) is 3.53. The number of alkyl halides is 1. The summed E-state index contributed by atoms with van der Waals surface area (Å²) in [5, 5.41) is -0.251. The molecule has 21 heavy (non-hydrogen) atoms. The molecule has 0 spiro atoms. The maximum Gasteiger partial charge on any atom is 0.128 e. The molecule has 1 aromatic carbocycles. The molecule has 2 aromatic heterocycles. The minimum Gasteiger partial charge on any atom is -0.322 e. The number of aromatic nitrogens is 3. The second kappa shape index (κ2) is 5.45. The number of halogens is 2. The largest absolute Gasteiger partial charge is 0.322 e. The van der Waals surface area contributed by atoms with Crippen molar-refractivity contribution < 1.29 is 4.39 Å². The Morgan fingerprint density at radius 2 is 2.10 bits per heavy atom. The van der Waals surface area contributed by atoms with E-state index < -0.39 is 0 Å². The summed E-state index contributed by atoms with van der Waals surface area (Å²) < 4.78 is 15.4. The van der Waals surface area contributed by atoms with Crippen molar-refractivity contribution >= 4 is 22.6 Å². The first-order valence-electron chi connectivity index (χ1n) is 6.76. The zero-order valence-corrected chi connectivity index (χ0v) is 12.6. The molecule has 0 aliphatic heterocycles. The summed E-state index contributed by atoms with van der Waals surface area (Å²) in [4.78, 5) is 8.76. The first-order valence-corrected chi connectivity index (χ1v) is 7.19. The number of fused-ring (bicyclic) bond motifs is 1. The van der Waals surface area contributed by atoms with Gasteiger partial charge in [0.2, 0.25) is 0 Å². The van der Waals surface area contributed by atoms with Crippen molar-refractivity contribution in [3.05, 3.63) is 59.4 Å². The van der Waals surface area contributed by atoms with Gasteiger partial charge in [-0.15, -0.1) is 11.6 Å². The van der Waals surface area contributed by atoms with E-state index in [0.29, 0.717) is 12.1 Å². The fourth-order valence-corrected chi connectivity index (χ4v) is 2.53. The average molecular weight is 304 g/mol. The number of benzene rings is 1. The van der Waals surface area contributed by atoms with Gasteiger partial charge in [-0.05, 0) is 37.6 Å². The molecule has 0 fully saturated rings. The first kappa shape index (κ1) is 14.0. The van der Waals surface area contributed by atoms with Crippen LogP contribution in [0.15, 0.2) is 36.5 Å². The van der Waals surface area contributed by atoms with Crippen LogP contribution in [0.3, 0.4) is 0 Å². The molecule has 0 N–H and O–H groups in total. The first-order chi connectivity index (χ1) is 10.0. The molecule has 0 aliphatic rings.